The summed E-state index contributed by atoms with van der Waals surface area (Å²) in [6.45, 7) is 2.85. The van der Waals surface area contributed by atoms with Crippen LogP contribution in [0.3, 0.4) is 0 Å². The van der Waals surface area contributed by atoms with E-state index in [0.29, 0.717) is 25.3 Å². The number of carbonyl (C=O) groups is 2. The summed E-state index contributed by atoms with van der Waals surface area (Å²) in [4.78, 5) is 24.5. The molecule has 7 heteroatoms. The van der Waals surface area contributed by atoms with Gasteiger partial charge < -0.3 is 20.7 Å². The van der Waals surface area contributed by atoms with Crippen LogP contribution in [-0.4, -0.2) is 51.7 Å². The largest absolute Gasteiger partial charge is 0.384 e. The molecule has 0 atom stereocenters. The minimum absolute atomic E-state index is 0.00346. The summed E-state index contributed by atoms with van der Waals surface area (Å²) < 4.78 is 6.18. The zero-order valence-corrected chi connectivity index (χ0v) is 15.4. The molecule has 1 aliphatic heterocycles. The smallest absolute Gasteiger partial charge is 0.251 e. The van der Waals surface area contributed by atoms with Gasteiger partial charge >= 0.3 is 0 Å². The summed E-state index contributed by atoms with van der Waals surface area (Å²) in [6, 6.07) is 7.14. The lowest BCUT2D eigenvalue weighted by Gasteiger charge is -2.35. The molecule has 3 N–H and O–H groups in total. The average molecular weight is 398 g/mol. The number of carbonyl (C=O) groups excluding carboxylic acids is 2. The van der Waals surface area contributed by atoms with Gasteiger partial charge in [0.05, 0.1) is 12.0 Å². The number of hydrogen-bond acceptors (Lipinski definition) is 4. The van der Waals surface area contributed by atoms with E-state index in [1.54, 1.807) is 19.2 Å². The molecule has 1 aromatic carbocycles. The van der Waals surface area contributed by atoms with Crippen LogP contribution in [0.2, 0.25) is 0 Å². The van der Waals surface area contributed by atoms with Crippen LogP contribution < -0.4 is 16.0 Å². The van der Waals surface area contributed by atoms with Gasteiger partial charge in [-0.3, -0.25) is 9.59 Å². The molecule has 1 aromatic rings. The molecule has 6 nitrogen and oxygen atoms in total. The van der Waals surface area contributed by atoms with Crippen molar-refractivity contribution in [3.8, 4) is 0 Å². The molecule has 2 rings (SSSR count). The fourth-order valence-corrected chi connectivity index (χ4v) is 3.13. The number of halogens is 1. The second kappa shape index (κ2) is 9.15. The zero-order chi connectivity index (χ0) is 17.4. The molecular formula is C17H24BrN3O3. The maximum atomic E-state index is 12.5. The van der Waals surface area contributed by atoms with Gasteiger partial charge in [-0.2, -0.15) is 0 Å². The van der Waals surface area contributed by atoms with Crippen LogP contribution in [-0.2, 0) is 9.53 Å². The molecule has 0 aliphatic carbocycles. The van der Waals surface area contributed by atoms with Crippen molar-refractivity contribution >= 4 is 27.7 Å². The molecule has 0 unspecified atom stereocenters. The Morgan fingerprint density at radius 1 is 1.17 bits per heavy atom. The fraction of sp³-hybridized carbons (Fsp3) is 0.529. The number of hydrogen-bond donors (Lipinski definition) is 3. The normalized spacial score (nSPS) is 16.4. The number of ether oxygens (including phenoxy) is 1. The van der Waals surface area contributed by atoms with Crippen molar-refractivity contribution < 1.29 is 14.3 Å². The average Bonchev–Trinajstić information content (AvgIpc) is 2.60. The van der Waals surface area contributed by atoms with E-state index in [4.69, 9.17) is 4.74 Å². The Morgan fingerprint density at radius 3 is 2.42 bits per heavy atom. The first-order valence-corrected chi connectivity index (χ1v) is 8.88. The van der Waals surface area contributed by atoms with Gasteiger partial charge in [-0.15, -0.1) is 0 Å². The molecule has 0 saturated carbocycles. The van der Waals surface area contributed by atoms with E-state index in [9.17, 15) is 9.59 Å². The standard InChI is InChI=1S/C17H24BrN3O3/c1-24-12-17(6-8-19-9-7-17)16(23)21-11-10-20-15(22)13-2-4-14(18)5-3-13/h2-5,19H,6-12H2,1H3,(H,20,22)(H,21,23). The molecule has 0 aromatic heterocycles. The zero-order valence-electron chi connectivity index (χ0n) is 13.9. The molecule has 1 fully saturated rings. The van der Waals surface area contributed by atoms with Crippen molar-refractivity contribution in [3.05, 3.63) is 34.3 Å². The van der Waals surface area contributed by atoms with Crippen LogP contribution in [0.25, 0.3) is 0 Å². The Hall–Kier alpha value is -1.44. The van der Waals surface area contributed by atoms with Crippen LogP contribution in [0.5, 0.6) is 0 Å². The monoisotopic (exact) mass is 397 g/mol. The molecule has 0 radical (unpaired) electrons. The van der Waals surface area contributed by atoms with E-state index >= 15 is 0 Å². The minimum atomic E-state index is -0.463. The predicted octanol–water partition coefficient (Wildman–Crippen LogP) is 1.31. The lowest BCUT2D eigenvalue weighted by atomic mass is 9.78. The van der Waals surface area contributed by atoms with Crippen molar-refractivity contribution in [2.75, 3.05) is 39.9 Å². The van der Waals surface area contributed by atoms with Crippen LogP contribution in [0, 0.1) is 5.41 Å². The lowest BCUT2D eigenvalue weighted by Crippen LogP contribution is -2.51. The maximum absolute atomic E-state index is 12.5. The molecular weight excluding hydrogens is 374 g/mol. The van der Waals surface area contributed by atoms with Gasteiger partial charge in [0.2, 0.25) is 5.91 Å². The second-order valence-corrected chi connectivity index (χ2v) is 6.90. The van der Waals surface area contributed by atoms with E-state index in [-0.39, 0.29) is 11.8 Å². The number of benzene rings is 1. The molecule has 24 heavy (non-hydrogen) atoms. The van der Waals surface area contributed by atoms with E-state index < -0.39 is 5.41 Å². The third-order valence-electron chi connectivity index (χ3n) is 4.27. The van der Waals surface area contributed by atoms with Crippen molar-refractivity contribution in [1.29, 1.82) is 0 Å². The Bertz CT molecular complexity index is 551. The fourth-order valence-electron chi connectivity index (χ4n) is 2.86. The number of amides is 2. The van der Waals surface area contributed by atoms with Crippen LogP contribution in [0.4, 0.5) is 0 Å². The highest BCUT2D eigenvalue weighted by Gasteiger charge is 2.39. The van der Waals surface area contributed by atoms with Crippen molar-refractivity contribution in [2.24, 2.45) is 5.41 Å². The number of methoxy groups -OCH3 is 1. The maximum Gasteiger partial charge on any atom is 0.251 e. The van der Waals surface area contributed by atoms with Gasteiger partial charge in [-0.1, -0.05) is 15.9 Å². The highest BCUT2D eigenvalue weighted by molar-refractivity contribution is 9.10. The van der Waals surface area contributed by atoms with Crippen molar-refractivity contribution in [2.45, 2.75) is 12.8 Å². The summed E-state index contributed by atoms with van der Waals surface area (Å²) in [7, 11) is 1.62. The van der Waals surface area contributed by atoms with E-state index in [1.165, 1.54) is 0 Å². The Kier molecular flexibility index (Phi) is 7.20. The summed E-state index contributed by atoms with van der Waals surface area (Å²) in [6.07, 6.45) is 1.52. The second-order valence-electron chi connectivity index (χ2n) is 5.98. The summed E-state index contributed by atoms with van der Waals surface area (Å²) in [5, 5.41) is 8.99. The van der Waals surface area contributed by atoms with Gasteiger partial charge in [-0.05, 0) is 50.2 Å². The molecule has 0 spiro atoms. The number of rotatable bonds is 7. The Morgan fingerprint density at radius 2 is 1.79 bits per heavy atom. The number of nitrogens with one attached hydrogen (secondary N) is 3. The highest BCUT2D eigenvalue weighted by atomic mass is 79.9. The summed E-state index contributed by atoms with van der Waals surface area (Å²) >= 11 is 3.34. The lowest BCUT2D eigenvalue weighted by molar-refractivity contribution is -0.136. The highest BCUT2D eigenvalue weighted by Crippen LogP contribution is 2.29. The Balaban J connectivity index is 1.77. The minimum Gasteiger partial charge on any atom is -0.384 e. The molecule has 0 bridgehead atoms. The van der Waals surface area contributed by atoms with E-state index in [0.717, 1.165) is 30.4 Å². The molecule has 1 saturated heterocycles. The first kappa shape index (κ1) is 18.9. The first-order valence-electron chi connectivity index (χ1n) is 8.09. The quantitative estimate of drug-likeness (QED) is 0.606. The van der Waals surface area contributed by atoms with Crippen LogP contribution in [0.15, 0.2) is 28.7 Å². The van der Waals surface area contributed by atoms with Crippen molar-refractivity contribution in [3.63, 3.8) is 0 Å². The molecule has 2 amide bonds. The predicted molar refractivity (Wildman–Crippen MR) is 95.9 cm³/mol. The number of piperidine rings is 1. The third kappa shape index (κ3) is 5.03. The van der Waals surface area contributed by atoms with E-state index in [2.05, 4.69) is 31.9 Å². The van der Waals surface area contributed by atoms with Gasteiger partial charge in [0.1, 0.15) is 0 Å². The SMILES string of the molecule is COCC1(C(=O)NCCNC(=O)c2ccc(Br)cc2)CCNCC1. The van der Waals surface area contributed by atoms with Gasteiger partial charge in [0.25, 0.3) is 5.91 Å². The summed E-state index contributed by atoms with van der Waals surface area (Å²) in [5.74, 6) is -0.144. The van der Waals surface area contributed by atoms with Gasteiger partial charge in [0, 0.05) is 30.2 Å². The third-order valence-corrected chi connectivity index (χ3v) is 4.79. The topological polar surface area (TPSA) is 79.5 Å². The van der Waals surface area contributed by atoms with E-state index in [1.807, 2.05) is 12.1 Å². The van der Waals surface area contributed by atoms with Gasteiger partial charge in [0.15, 0.2) is 0 Å². The Labute approximate surface area is 150 Å². The van der Waals surface area contributed by atoms with Crippen LogP contribution in [0.1, 0.15) is 23.2 Å². The van der Waals surface area contributed by atoms with Crippen LogP contribution >= 0.6 is 15.9 Å². The molecule has 1 aliphatic rings. The first-order chi connectivity index (χ1) is 11.6. The molecule has 132 valence electrons. The van der Waals surface area contributed by atoms with Gasteiger partial charge in [-0.25, -0.2) is 0 Å². The summed E-state index contributed by atoms with van der Waals surface area (Å²) in [5.41, 5.74) is 0.133. The molecule has 1 heterocycles. The van der Waals surface area contributed by atoms with Crippen molar-refractivity contribution in [1.82, 2.24) is 16.0 Å².